The van der Waals surface area contributed by atoms with Crippen LogP contribution in [0.4, 0.5) is 0 Å². The van der Waals surface area contributed by atoms with Crippen molar-refractivity contribution in [2.24, 2.45) is 5.92 Å². The quantitative estimate of drug-likeness (QED) is 0.900. The summed E-state index contributed by atoms with van der Waals surface area (Å²) in [5.74, 6) is -0.706. The van der Waals surface area contributed by atoms with Gasteiger partial charge in [0.2, 0.25) is 0 Å². The summed E-state index contributed by atoms with van der Waals surface area (Å²) in [5, 5.41) is 9.22. The number of aliphatic carboxylic acids is 1. The van der Waals surface area contributed by atoms with E-state index in [1.54, 1.807) is 0 Å². The van der Waals surface area contributed by atoms with Crippen LogP contribution in [0.25, 0.3) is 0 Å². The monoisotopic (exact) mass is 282 g/mol. The molecule has 2 nitrogen and oxygen atoms in total. The Balaban J connectivity index is 2.43. The molecule has 0 bridgehead atoms. The zero-order valence-corrected chi connectivity index (χ0v) is 10.8. The van der Waals surface area contributed by atoms with Crippen molar-refractivity contribution in [2.75, 3.05) is 0 Å². The van der Waals surface area contributed by atoms with E-state index in [0.717, 1.165) is 23.7 Å². The lowest BCUT2D eigenvalue weighted by atomic mass is 9.74. The van der Waals surface area contributed by atoms with Crippen molar-refractivity contribution in [3.63, 3.8) is 0 Å². The van der Waals surface area contributed by atoms with Gasteiger partial charge in [-0.1, -0.05) is 28.9 Å². The van der Waals surface area contributed by atoms with Crippen LogP contribution in [0.5, 0.6) is 0 Å². The van der Waals surface area contributed by atoms with Crippen LogP contribution in [0.1, 0.15) is 36.8 Å². The van der Waals surface area contributed by atoms with Crippen LogP contribution in [0.2, 0.25) is 0 Å². The van der Waals surface area contributed by atoms with Crippen molar-refractivity contribution in [1.82, 2.24) is 0 Å². The van der Waals surface area contributed by atoms with Gasteiger partial charge in [0.05, 0.1) is 5.92 Å². The molecule has 0 aliphatic heterocycles. The van der Waals surface area contributed by atoms with Crippen molar-refractivity contribution >= 4 is 21.9 Å². The Labute approximate surface area is 104 Å². The van der Waals surface area contributed by atoms with Crippen LogP contribution in [0.15, 0.2) is 22.7 Å². The SMILES string of the molecule is CCC1c2cc(Br)ccc2CCC1C(=O)O. The molecule has 1 aromatic carbocycles. The van der Waals surface area contributed by atoms with Crippen LogP contribution in [0.3, 0.4) is 0 Å². The Bertz CT molecular complexity index is 414. The molecule has 1 aliphatic rings. The molecule has 0 radical (unpaired) electrons. The second-order valence-electron chi connectivity index (χ2n) is 4.34. The van der Waals surface area contributed by atoms with Gasteiger partial charge in [0.25, 0.3) is 0 Å². The maximum atomic E-state index is 11.2. The van der Waals surface area contributed by atoms with E-state index in [9.17, 15) is 9.90 Å². The Morgan fingerprint density at radius 1 is 1.56 bits per heavy atom. The molecule has 1 aromatic rings. The fraction of sp³-hybridized carbons (Fsp3) is 0.462. The molecule has 2 rings (SSSR count). The summed E-state index contributed by atoms with van der Waals surface area (Å²) in [5.41, 5.74) is 2.53. The van der Waals surface area contributed by atoms with Crippen molar-refractivity contribution in [3.8, 4) is 0 Å². The van der Waals surface area contributed by atoms with Crippen molar-refractivity contribution < 1.29 is 9.90 Å². The Hall–Kier alpha value is -0.830. The highest BCUT2D eigenvalue weighted by Crippen LogP contribution is 2.39. The number of carbonyl (C=O) groups is 1. The van der Waals surface area contributed by atoms with E-state index in [2.05, 4.69) is 35.0 Å². The van der Waals surface area contributed by atoms with Crippen LogP contribution < -0.4 is 0 Å². The Morgan fingerprint density at radius 3 is 2.94 bits per heavy atom. The average molecular weight is 283 g/mol. The largest absolute Gasteiger partial charge is 0.481 e. The van der Waals surface area contributed by atoms with Gasteiger partial charge >= 0.3 is 5.97 Å². The lowest BCUT2D eigenvalue weighted by Gasteiger charge is -2.30. The molecule has 3 heteroatoms. The van der Waals surface area contributed by atoms with Gasteiger partial charge in [0, 0.05) is 4.47 Å². The van der Waals surface area contributed by atoms with E-state index >= 15 is 0 Å². The molecule has 0 heterocycles. The normalized spacial score (nSPS) is 23.9. The number of rotatable bonds is 2. The minimum Gasteiger partial charge on any atom is -0.481 e. The molecular formula is C13H15BrO2. The predicted molar refractivity (Wildman–Crippen MR) is 66.6 cm³/mol. The van der Waals surface area contributed by atoms with E-state index in [4.69, 9.17) is 0 Å². The number of benzene rings is 1. The predicted octanol–water partition coefficient (Wildman–Crippen LogP) is 3.59. The summed E-state index contributed by atoms with van der Waals surface area (Å²) in [6.07, 6.45) is 2.54. The fourth-order valence-electron chi connectivity index (χ4n) is 2.67. The standard InChI is InChI=1S/C13H15BrO2/c1-2-10-11(13(15)16)6-4-8-3-5-9(14)7-12(8)10/h3,5,7,10-11H,2,4,6H2,1H3,(H,15,16). The van der Waals surface area contributed by atoms with Crippen molar-refractivity contribution in [1.29, 1.82) is 0 Å². The third kappa shape index (κ3) is 2.01. The molecule has 1 aliphatic carbocycles. The van der Waals surface area contributed by atoms with Gasteiger partial charge in [0.15, 0.2) is 0 Å². The summed E-state index contributed by atoms with van der Waals surface area (Å²) < 4.78 is 1.04. The van der Waals surface area contributed by atoms with Gasteiger partial charge < -0.3 is 5.11 Å². The second kappa shape index (κ2) is 4.58. The zero-order valence-electron chi connectivity index (χ0n) is 9.24. The molecule has 0 saturated carbocycles. The first-order valence-electron chi connectivity index (χ1n) is 5.64. The molecule has 0 spiro atoms. The van der Waals surface area contributed by atoms with Gasteiger partial charge in [-0.15, -0.1) is 0 Å². The topological polar surface area (TPSA) is 37.3 Å². The van der Waals surface area contributed by atoms with Gasteiger partial charge in [-0.25, -0.2) is 0 Å². The molecule has 2 unspecified atom stereocenters. The number of carboxylic acids is 1. The average Bonchev–Trinajstić information content (AvgIpc) is 2.27. The first-order valence-corrected chi connectivity index (χ1v) is 6.44. The molecule has 86 valence electrons. The Morgan fingerprint density at radius 2 is 2.31 bits per heavy atom. The molecule has 0 aromatic heterocycles. The van der Waals surface area contributed by atoms with Gasteiger partial charge in [0.1, 0.15) is 0 Å². The maximum absolute atomic E-state index is 11.2. The zero-order chi connectivity index (χ0) is 11.7. The lowest BCUT2D eigenvalue weighted by Crippen LogP contribution is -2.27. The number of hydrogen-bond donors (Lipinski definition) is 1. The minimum atomic E-state index is -0.655. The molecular weight excluding hydrogens is 268 g/mol. The summed E-state index contributed by atoms with van der Waals surface area (Å²) >= 11 is 3.46. The third-order valence-corrected chi connectivity index (χ3v) is 3.97. The Kier molecular flexibility index (Phi) is 3.33. The van der Waals surface area contributed by atoms with Crippen LogP contribution >= 0.6 is 15.9 Å². The summed E-state index contributed by atoms with van der Waals surface area (Å²) in [6.45, 7) is 2.07. The number of aryl methyl sites for hydroxylation is 1. The smallest absolute Gasteiger partial charge is 0.307 e. The molecule has 1 N–H and O–H groups in total. The van der Waals surface area contributed by atoms with Crippen LogP contribution in [0, 0.1) is 5.92 Å². The number of halogens is 1. The molecule has 2 atom stereocenters. The van der Waals surface area contributed by atoms with Gasteiger partial charge in [-0.05, 0) is 48.4 Å². The van der Waals surface area contributed by atoms with E-state index in [1.807, 2.05) is 6.07 Å². The third-order valence-electron chi connectivity index (χ3n) is 3.47. The first-order chi connectivity index (χ1) is 7.63. The molecule has 0 amide bonds. The highest BCUT2D eigenvalue weighted by molar-refractivity contribution is 9.10. The maximum Gasteiger partial charge on any atom is 0.307 e. The van der Waals surface area contributed by atoms with Crippen molar-refractivity contribution in [3.05, 3.63) is 33.8 Å². The highest BCUT2D eigenvalue weighted by Gasteiger charge is 2.33. The molecule has 16 heavy (non-hydrogen) atoms. The van der Waals surface area contributed by atoms with E-state index in [0.29, 0.717) is 0 Å². The molecule has 0 saturated heterocycles. The van der Waals surface area contributed by atoms with Gasteiger partial charge in [-0.3, -0.25) is 4.79 Å². The fourth-order valence-corrected chi connectivity index (χ4v) is 3.05. The van der Waals surface area contributed by atoms with Crippen LogP contribution in [-0.2, 0) is 11.2 Å². The van der Waals surface area contributed by atoms with E-state index in [1.165, 1.54) is 11.1 Å². The first kappa shape index (κ1) is 11.6. The van der Waals surface area contributed by atoms with Gasteiger partial charge in [-0.2, -0.15) is 0 Å². The van der Waals surface area contributed by atoms with E-state index in [-0.39, 0.29) is 11.8 Å². The number of carboxylic acid groups (broad SMARTS) is 1. The molecule has 0 fully saturated rings. The summed E-state index contributed by atoms with van der Waals surface area (Å²) in [7, 11) is 0. The van der Waals surface area contributed by atoms with Crippen molar-refractivity contribution in [2.45, 2.75) is 32.1 Å². The highest BCUT2D eigenvalue weighted by atomic mass is 79.9. The lowest BCUT2D eigenvalue weighted by molar-refractivity contribution is -0.143. The summed E-state index contributed by atoms with van der Waals surface area (Å²) in [6, 6.07) is 6.23. The minimum absolute atomic E-state index is 0.166. The van der Waals surface area contributed by atoms with Crippen LogP contribution in [-0.4, -0.2) is 11.1 Å². The summed E-state index contributed by atoms with van der Waals surface area (Å²) in [4.78, 5) is 11.2. The number of fused-ring (bicyclic) bond motifs is 1. The van der Waals surface area contributed by atoms with E-state index < -0.39 is 5.97 Å². The second-order valence-corrected chi connectivity index (χ2v) is 5.26. The number of hydrogen-bond acceptors (Lipinski definition) is 1.